The highest BCUT2D eigenvalue weighted by atomic mass is 79.9. The summed E-state index contributed by atoms with van der Waals surface area (Å²) in [4.78, 5) is 3.93. The molecule has 1 heterocycles. The largest absolute Gasteiger partial charge is 0.483 e. The fourth-order valence-electron chi connectivity index (χ4n) is 1.31. The average molecular weight is 300 g/mol. The normalized spacial score (nSPS) is 10.3. The molecule has 0 bridgehead atoms. The predicted molar refractivity (Wildman–Crippen MR) is 62.6 cm³/mol. The summed E-state index contributed by atoms with van der Waals surface area (Å²) >= 11 is 3.25. The van der Waals surface area contributed by atoms with Crippen LogP contribution in [0.15, 0.2) is 41.1 Å². The van der Waals surface area contributed by atoms with Crippen molar-refractivity contribution < 1.29 is 13.5 Å². The van der Waals surface area contributed by atoms with Gasteiger partial charge in [-0.05, 0) is 34.1 Å². The lowest BCUT2D eigenvalue weighted by Gasteiger charge is -2.07. The minimum atomic E-state index is -0.715. The Morgan fingerprint density at radius 2 is 1.88 bits per heavy atom. The zero-order valence-corrected chi connectivity index (χ0v) is 10.2. The van der Waals surface area contributed by atoms with Crippen molar-refractivity contribution in [3.63, 3.8) is 0 Å². The van der Waals surface area contributed by atoms with Gasteiger partial charge in [-0.2, -0.15) is 0 Å². The fourth-order valence-corrected chi connectivity index (χ4v) is 1.72. The van der Waals surface area contributed by atoms with Gasteiger partial charge in [0, 0.05) is 22.4 Å². The maximum Gasteiger partial charge on any atom is 0.191 e. The minimum Gasteiger partial charge on any atom is -0.483 e. The second kappa shape index (κ2) is 5.23. The molecule has 0 radical (unpaired) electrons. The van der Waals surface area contributed by atoms with E-state index in [9.17, 15) is 8.78 Å². The molecular weight excluding hydrogens is 292 g/mol. The van der Waals surface area contributed by atoms with Crippen LogP contribution in [-0.2, 0) is 6.61 Å². The van der Waals surface area contributed by atoms with Gasteiger partial charge in [-0.15, -0.1) is 0 Å². The Morgan fingerprint density at radius 1 is 1.18 bits per heavy atom. The van der Waals surface area contributed by atoms with E-state index in [1.807, 2.05) is 0 Å². The molecule has 5 heteroatoms. The molecule has 1 aromatic carbocycles. The lowest BCUT2D eigenvalue weighted by Crippen LogP contribution is -2.00. The van der Waals surface area contributed by atoms with E-state index >= 15 is 0 Å². The van der Waals surface area contributed by atoms with Crippen LogP contribution in [0.4, 0.5) is 8.78 Å². The average Bonchev–Trinajstić information content (AvgIpc) is 2.28. The highest BCUT2D eigenvalue weighted by Crippen LogP contribution is 2.22. The summed E-state index contributed by atoms with van der Waals surface area (Å²) in [5.41, 5.74) is 0.724. The van der Waals surface area contributed by atoms with E-state index in [0.717, 1.165) is 22.2 Å². The summed E-state index contributed by atoms with van der Waals surface area (Å²) in [6.45, 7) is 0.0598. The monoisotopic (exact) mass is 299 g/mol. The Hall–Kier alpha value is -1.49. The first-order chi connectivity index (χ1) is 8.16. The molecule has 0 spiro atoms. The van der Waals surface area contributed by atoms with Gasteiger partial charge in [0.15, 0.2) is 17.4 Å². The van der Waals surface area contributed by atoms with Crippen LogP contribution in [0.25, 0.3) is 0 Å². The van der Waals surface area contributed by atoms with Gasteiger partial charge in [0.2, 0.25) is 0 Å². The molecule has 88 valence electrons. The number of hydrogen-bond acceptors (Lipinski definition) is 2. The first kappa shape index (κ1) is 12.0. The highest BCUT2D eigenvalue weighted by molar-refractivity contribution is 9.10. The van der Waals surface area contributed by atoms with Crippen LogP contribution in [-0.4, -0.2) is 4.98 Å². The lowest BCUT2D eigenvalue weighted by atomic mass is 10.3. The molecule has 0 N–H and O–H groups in total. The van der Waals surface area contributed by atoms with Gasteiger partial charge in [-0.25, -0.2) is 8.78 Å². The van der Waals surface area contributed by atoms with Crippen molar-refractivity contribution in [3.05, 3.63) is 58.3 Å². The van der Waals surface area contributed by atoms with Crippen LogP contribution in [0, 0.1) is 11.6 Å². The second-order valence-electron chi connectivity index (χ2n) is 3.35. The summed E-state index contributed by atoms with van der Waals surface area (Å²) in [6, 6.07) is 5.36. The van der Waals surface area contributed by atoms with E-state index in [1.54, 1.807) is 18.5 Å². The molecule has 0 saturated carbocycles. The van der Waals surface area contributed by atoms with Crippen molar-refractivity contribution in [2.45, 2.75) is 6.61 Å². The first-order valence-corrected chi connectivity index (χ1v) is 5.62. The number of benzene rings is 1. The highest BCUT2D eigenvalue weighted by Gasteiger charge is 2.09. The third-order valence-electron chi connectivity index (χ3n) is 2.06. The zero-order valence-electron chi connectivity index (χ0n) is 8.66. The van der Waals surface area contributed by atoms with Gasteiger partial charge < -0.3 is 4.74 Å². The third-order valence-corrected chi connectivity index (χ3v) is 2.50. The van der Waals surface area contributed by atoms with Crippen molar-refractivity contribution in [2.24, 2.45) is 0 Å². The number of ether oxygens (including phenoxy) is 1. The maximum atomic E-state index is 13.2. The molecule has 0 aliphatic carbocycles. The van der Waals surface area contributed by atoms with Crippen LogP contribution in [0.1, 0.15) is 5.56 Å². The van der Waals surface area contributed by atoms with Gasteiger partial charge in [0.25, 0.3) is 0 Å². The number of halogens is 3. The van der Waals surface area contributed by atoms with E-state index in [0.29, 0.717) is 0 Å². The number of nitrogens with zero attached hydrogens (tertiary/aromatic N) is 1. The number of rotatable bonds is 3. The van der Waals surface area contributed by atoms with Crippen molar-refractivity contribution >= 4 is 15.9 Å². The van der Waals surface area contributed by atoms with Crippen LogP contribution >= 0.6 is 15.9 Å². The Kier molecular flexibility index (Phi) is 3.68. The minimum absolute atomic E-state index is 0.0598. The van der Waals surface area contributed by atoms with Crippen molar-refractivity contribution in [2.75, 3.05) is 0 Å². The quantitative estimate of drug-likeness (QED) is 0.862. The molecule has 2 aromatic rings. The third kappa shape index (κ3) is 3.00. The fraction of sp³-hybridized carbons (Fsp3) is 0.0833. The number of pyridine rings is 1. The maximum absolute atomic E-state index is 13.2. The number of aromatic nitrogens is 1. The molecule has 0 aliphatic rings. The van der Waals surface area contributed by atoms with E-state index in [2.05, 4.69) is 20.9 Å². The van der Waals surface area contributed by atoms with Crippen molar-refractivity contribution in [3.8, 4) is 5.75 Å². The molecule has 0 fully saturated rings. The summed E-state index contributed by atoms with van der Waals surface area (Å²) < 4.78 is 32.4. The van der Waals surface area contributed by atoms with Crippen molar-refractivity contribution in [1.82, 2.24) is 4.98 Å². The Balaban J connectivity index is 2.13. The molecule has 17 heavy (non-hydrogen) atoms. The SMILES string of the molecule is Fc1cccc(F)c1OCc1cncc(Br)c1. The molecule has 0 amide bonds. The van der Waals surface area contributed by atoms with Gasteiger partial charge in [0.1, 0.15) is 6.61 Å². The van der Waals surface area contributed by atoms with Gasteiger partial charge in [0.05, 0.1) is 0 Å². The Labute approximate surface area is 105 Å². The van der Waals surface area contributed by atoms with E-state index in [4.69, 9.17) is 4.74 Å². The number of hydrogen-bond donors (Lipinski definition) is 0. The summed E-state index contributed by atoms with van der Waals surface area (Å²) in [5, 5.41) is 0. The van der Waals surface area contributed by atoms with E-state index in [1.165, 1.54) is 6.07 Å². The van der Waals surface area contributed by atoms with Gasteiger partial charge >= 0.3 is 0 Å². The summed E-state index contributed by atoms with van der Waals surface area (Å²) in [5.74, 6) is -1.80. The zero-order chi connectivity index (χ0) is 12.3. The van der Waals surface area contributed by atoms with Crippen molar-refractivity contribution in [1.29, 1.82) is 0 Å². The second-order valence-corrected chi connectivity index (χ2v) is 4.27. The molecule has 0 unspecified atom stereocenters. The Bertz CT molecular complexity index is 513. The van der Waals surface area contributed by atoms with Gasteiger partial charge in [-0.3, -0.25) is 4.98 Å². The lowest BCUT2D eigenvalue weighted by molar-refractivity contribution is 0.273. The molecule has 2 rings (SSSR count). The van der Waals surface area contributed by atoms with E-state index in [-0.39, 0.29) is 12.4 Å². The van der Waals surface area contributed by atoms with Gasteiger partial charge in [-0.1, -0.05) is 6.07 Å². The summed E-state index contributed by atoms with van der Waals surface area (Å²) in [6.07, 6.45) is 3.19. The topological polar surface area (TPSA) is 22.1 Å². The number of para-hydroxylation sites is 1. The standard InChI is InChI=1S/C12H8BrF2NO/c13-9-4-8(5-16-6-9)7-17-12-10(14)2-1-3-11(12)15/h1-6H,7H2. The Morgan fingerprint density at radius 3 is 2.53 bits per heavy atom. The van der Waals surface area contributed by atoms with E-state index < -0.39 is 11.6 Å². The van der Waals surface area contributed by atoms with Crippen LogP contribution < -0.4 is 4.74 Å². The molecular formula is C12H8BrF2NO. The molecule has 2 nitrogen and oxygen atoms in total. The molecule has 0 atom stereocenters. The summed E-state index contributed by atoms with van der Waals surface area (Å²) in [7, 11) is 0. The smallest absolute Gasteiger partial charge is 0.191 e. The van der Waals surface area contributed by atoms with Crippen LogP contribution in [0.5, 0.6) is 5.75 Å². The molecule has 0 saturated heterocycles. The predicted octanol–water partition coefficient (Wildman–Crippen LogP) is 3.70. The first-order valence-electron chi connectivity index (χ1n) is 4.83. The van der Waals surface area contributed by atoms with Crippen LogP contribution in [0.3, 0.4) is 0 Å². The molecule has 0 aliphatic heterocycles. The van der Waals surface area contributed by atoms with Crippen LogP contribution in [0.2, 0.25) is 0 Å². The molecule has 1 aromatic heterocycles.